The molecule has 7 heteroatoms. The molecule has 2 heterocycles. The Morgan fingerprint density at radius 1 is 1.07 bits per heavy atom. The van der Waals surface area contributed by atoms with Crippen LogP contribution < -0.4 is 16.0 Å². The topological polar surface area (TPSA) is 101 Å². The average Bonchev–Trinajstić information content (AvgIpc) is 3.12. The Bertz CT molecular complexity index is 957. The Morgan fingerprint density at radius 2 is 1.78 bits per heavy atom. The molecule has 0 saturated carbocycles. The highest BCUT2D eigenvalue weighted by Gasteiger charge is 2.27. The van der Waals surface area contributed by atoms with Gasteiger partial charge in [-0.1, -0.05) is 24.3 Å². The number of nitrogens with zero attached hydrogens (tertiary/aromatic N) is 2. The fraction of sp³-hybridized carbons (Fsp3) is 0.250. The van der Waals surface area contributed by atoms with Gasteiger partial charge in [-0.05, 0) is 37.1 Å². The molecular formula is C20H20N4O3. The van der Waals surface area contributed by atoms with Crippen LogP contribution in [0.3, 0.4) is 0 Å². The van der Waals surface area contributed by atoms with Crippen molar-refractivity contribution in [3.63, 3.8) is 0 Å². The van der Waals surface area contributed by atoms with Gasteiger partial charge in [0.2, 0.25) is 5.91 Å². The van der Waals surface area contributed by atoms with E-state index in [0.29, 0.717) is 43.2 Å². The predicted octanol–water partition coefficient (Wildman–Crippen LogP) is 2.78. The van der Waals surface area contributed by atoms with Gasteiger partial charge in [0, 0.05) is 19.0 Å². The number of fused-ring (bicyclic) bond motifs is 1. The summed E-state index contributed by atoms with van der Waals surface area (Å²) in [5.74, 6) is -0.788. The van der Waals surface area contributed by atoms with E-state index >= 15 is 0 Å². The number of primary amides is 1. The minimum atomic E-state index is -0.559. The van der Waals surface area contributed by atoms with Crippen molar-refractivity contribution >= 4 is 34.6 Å². The first-order valence-corrected chi connectivity index (χ1v) is 8.92. The number of hydrogen-bond donors (Lipinski definition) is 2. The molecule has 2 amide bonds. The van der Waals surface area contributed by atoms with Gasteiger partial charge in [0.25, 0.3) is 11.9 Å². The molecule has 0 spiro atoms. The van der Waals surface area contributed by atoms with Gasteiger partial charge < -0.3 is 20.4 Å². The van der Waals surface area contributed by atoms with Crippen molar-refractivity contribution in [1.82, 2.24) is 4.98 Å². The van der Waals surface area contributed by atoms with Crippen molar-refractivity contribution in [3.05, 3.63) is 54.1 Å². The van der Waals surface area contributed by atoms with E-state index < -0.39 is 5.91 Å². The third-order valence-corrected chi connectivity index (χ3v) is 4.87. The lowest BCUT2D eigenvalue weighted by molar-refractivity contribution is -0.120. The summed E-state index contributed by atoms with van der Waals surface area (Å²) in [5.41, 5.74) is 7.73. The number of piperidine rings is 1. The van der Waals surface area contributed by atoms with Crippen molar-refractivity contribution in [3.8, 4) is 0 Å². The Kier molecular flexibility index (Phi) is 4.50. The van der Waals surface area contributed by atoms with Gasteiger partial charge in [0.05, 0.1) is 11.3 Å². The molecule has 0 unspecified atom stereocenters. The molecule has 1 aliphatic heterocycles. The second-order valence-electron chi connectivity index (χ2n) is 6.62. The molecule has 4 rings (SSSR count). The van der Waals surface area contributed by atoms with E-state index in [1.807, 2.05) is 24.3 Å². The first-order chi connectivity index (χ1) is 13.1. The molecule has 1 aliphatic rings. The summed E-state index contributed by atoms with van der Waals surface area (Å²) in [7, 11) is 0. The zero-order chi connectivity index (χ0) is 18.8. The van der Waals surface area contributed by atoms with Crippen molar-refractivity contribution in [2.24, 2.45) is 11.7 Å². The average molecular weight is 364 g/mol. The number of rotatable bonds is 4. The smallest absolute Gasteiger partial charge is 0.298 e. The number of carbonyl (C=O) groups excluding carboxylic acids is 2. The van der Waals surface area contributed by atoms with Crippen LogP contribution >= 0.6 is 0 Å². The number of nitrogens with two attached hydrogens (primary N) is 1. The molecule has 3 N–H and O–H groups in total. The number of para-hydroxylation sites is 3. The zero-order valence-corrected chi connectivity index (χ0v) is 14.7. The van der Waals surface area contributed by atoms with Gasteiger partial charge in [0.15, 0.2) is 5.58 Å². The maximum absolute atomic E-state index is 12.6. The SMILES string of the molecule is NC(=O)c1ccccc1NC(=O)C1CCN(c2nc3ccccc3o2)CC1. The van der Waals surface area contributed by atoms with Gasteiger partial charge in [-0.15, -0.1) is 0 Å². The molecule has 27 heavy (non-hydrogen) atoms. The van der Waals surface area contributed by atoms with Gasteiger partial charge in [-0.2, -0.15) is 4.98 Å². The van der Waals surface area contributed by atoms with E-state index in [4.69, 9.17) is 10.2 Å². The maximum Gasteiger partial charge on any atom is 0.298 e. The molecule has 0 bridgehead atoms. The van der Waals surface area contributed by atoms with Crippen LogP contribution in [0.15, 0.2) is 52.9 Å². The van der Waals surface area contributed by atoms with Crippen LogP contribution in [0, 0.1) is 5.92 Å². The number of carbonyl (C=O) groups is 2. The lowest BCUT2D eigenvalue weighted by atomic mass is 9.96. The molecular weight excluding hydrogens is 344 g/mol. The zero-order valence-electron chi connectivity index (χ0n) is 14.7. The summed E-state index contributed by atoms with van der Waals surface area (Å²) in [6.07, 6.45) is 1.37. The second-order valence-corrected chi connectivity index (χ2v) is 6.62. The summed E-state index contributed by atoms with van der Waals surface area (Å²) in [5, 5.41) is 2.84. The standard InChI is InChI=1S/C20H20N4O3/c21-18(25)14-5-1-2-6-15(14)22-19(26)13-9-11-24(12-10-13)20-23-16-7-3-4-8-17(16)27-20/h1-8,13H,9-12H2,(H2,21,25)(H,22,26). The maximum atomic E-state index is 12.6. The summed E-state index contributed by atoms with van der Waals surface area (Å²) in [6, 6.07) is 15.0. The van der Waals surface area contributed by atoms with Crippen molar-refractivity contribution in [2.45, 2.75) is 12.8 Å². The predicted molar refractivity (Wildman–Crippen MR) is 103 cm³/mol. The molecule has 3 aromatic rings. The number of benzene rings is 2. The van der Waals surface area contributed by atoms with E-state index in [1.54, 1.807) is 24.3 Å². The molecule has 7 nitrogen and oxygen atoms in total. The summed E-state index contributed by atoms with van der Waals surface area (Å²) in [4.78, 5) is 30.7. The number of amides is 2. The molecule has 2 aromatic carbocycles. The highest BCUT2D eigenvalue weighted by Crippen LogP contribution is 2.27. The molecule has 1 aromatic heterocycles. The first kappa shape index (κ1) is 17.1. The monoisotopic (exact) mass is 364 g/mol. The van der Waals surface area contributed by atoms with E-state index in [2.05, 4.69) is 15.2 Å². The number of aromatic nitrogens is 1. The van der Waals surface area contributed by atoms with Gasteiger partial charge in [-0.25, -0.2) is 0 Å². The van der Waals surface area contributed by atoms with E-state index in [-0.39, 0.29) is 11.8 Å². The largest absolute Gasteiger partial charge is 0.423 e. The van der Waals surface area contributed by atoms with Gasteiger partial charge in [0.1, 0.15) is 5.52 Å². The minimum Gasteiger partial charge on any atom is -0.423 e. The van der Waals surface area contributed by atoms with Crippen LogP contribution in [-0.4, -0.2) is 29.9 Å². The number of nitrogens with one attached hydrogen (secondary N) is 1. The van der Waals surface area contributed by atoms with Crippen LogP contribution in [-0.2, 0) is 4.79 Å². The summed E-state index contributed by atoms with van der Waals surface area (Å²) >= 11 is 0. The molecule has 138 valence electrons. The lowest BCUT2D eigenvalue weighted by Gasteiger charge is -2.30. The van der Waals surface area contributed by atoms with Gasteiger partial charge >= 0.3 is 0 Å². The van der Waals surface area contributed by atoms with E-state index in [9.17, 15) is 9.59 Å². The molecule has 1 fully saturated rings. The van der Waals surface area contributed by atoms with E-state index in [1.165, 1.54) is 0 Å². The van der Waals surface area contributed by atoms with Crippen molar-refractivity contribution in [2.75, 3.05) is 23.3 Å². The first-order valence-electron chi connectivity index (χ1n) is 8.92. The number of anilines is 2. The third kappa shape index (κ3) is 3.48. The highest BCUT2D eigenvalue weighted by molar-refractivity contribution is 6.03. The second kappa shape index (κ2) is 7.11. The Balaban J connectivity index is 1.40. The summed E-state index contributed by atoms with van der Waals surface area (Å²) < 4.78 is 5.80. The van der Waals surface area contributed by atoms with Crippen LogP contribution in [0.4, 0.5) is 11.7 Å². The molecule has 0 radical (unpaired) electrons. The summed E-state index contributed by atoms with van der Waals surface area (Å²) in [6.45, 7) is 1.37. The fourth-order valence-corrected chi connectivity index (χ4v) is 3.37. The van der Waals surface area contributed by atoms with Crippen molar-refractivity contribution in [1.29, 1.82) is 0 Å². The quantitative estimate of drug-likeness (QED) is 0.741. The highest BCUT2D eigenvalue weighted by atomic mass is 16.4. The fourth-order valence-electron chi connectivity index (χ4n) is 3.37. The molecule has 0 atom stereocenters. The van der Waals surface area contributed by atoms with Crippen molar-refractivity contribution < 1.29 is 14.0 Å². The minimum absolute atomic E-state index is 0.0964. The molecule has 1 saturated heterocycles. The normalized spacial score (nSPS) is 15.0. The van der Waals surface area contributed by atoms with Crippen LogP contribution in [0.25, 0.3) is 11.1 Å². The van der Waals surface area contributed by atoms with Crippen LogP contribution in [0.1, 0.15) is 23.2 Å². The van der Waals surface area contributed by atoms with Crippen LogP contribution in [0.5, 0.6) is 0 Å². The lowest BCUT2D eigenvalue weighted by Crippen LogP contribution is -2.38. The Labute approximate surface area is 156 Å². The van der Waals surface area contributed by atoms with E-state index in [0.717, 1.165) is 11.1 Å². The number of hydrogen-bond acceptors (Lipinski definition) is 5. The number of oxazole rings is 1. The molecule has 0 aliphatic carbocycles. The Hall–Kier alpha value is -3.35. The van der Waals surface area contributed by atoms with Gasteiger partial charge in [-0.3, -0.25) is 9.59 Å². The third-order valence-electron chi connectivity index (χ3n) is 4.87. The Morgan fingerprint density at radius 3 is 2.52 bits per heavy atom. The van der Waals surface area contributed by atoms with Crippen LogP contribution in [0.2, 0.25) is 0 Å².